The number of hydrazone groups is 1. The number of hydrogen-bond acceptors (Lipinski definition) is 6. The molecule has 0 bridgehead atoms. The number of hydrogen-bond donors (Lipinski definition) is 1. The molecule has 1 fully saturated rings. The fraction of sp³-hybridized carbons (Fsp3) is 0.333. The van der Waals surface area contributed by atoms with Crippen LogP contribution >= 0.6 is 23.1 Å². The number of nitrogens with one attached hydrogen (secondary N) is 1. The third-order valence-electron chi connectivity index (χ3n) is 3.26. The Labute approximate surface area is 136 Å². The molecule has 22 heavy (non-hydrogen) atoms. The van der Waals surface area contributed by atoms with Crippen LogP contribution in [-0.4, -0.2) is 28.1 Å². The first-order valence-electron chi connectivity index (χ1n) is 7.05. The highest BCUT2D eigenvalue weighted by Crippen LogP contribution is 2.28. The van der Waals surface area contributed by atoms with Gasteiger partial charge in [0.25, 0.3) is 5.91 Å². The Morgan fingerprint density at radius 1 is 1.36 bits per heavy atom. The molecule has 1 amide bonds. The van der Waals surface area contributed by atoms with E-state index in [0.29, 0.717) is 12.8 Å². The minimum Gasteiger partial charge on any atom is -0.299 e. The lowest BCUT2D eigenvalue weighted by molar-refractivity contribution is -0.119. The van der Waals surface area contributed by atoms with Gasteiger partial charge in [0.05, 0.1) is 16.0 Å². The Bertz CT molecular complexity index is 706. The molecule has 1 N–H and O–H groups in total. The smallest absolute Gasteiger partial charge is 0.250 e. The summed E-state index contributed by atoms with van der Waals surface area (Å²) >= 11 is 2.98. The molecule has 0 spiro atoms. The van der Waals surface area contributed by atoms with Crippen molar-refractivity contribution in [2.24, 2.45) is 5.10 Å². The lowest BCUT2D eigenvalue weighted by Gasteiger charge is -2.11. The first-order valence-corrected chi connectivity index (χ1v) is 8.85. The number of benzene rings is 1. The van der Waals surface area contributed by atoms with E-state index in [1.807, 2.05) is 24.3 Å². The summed E-state index contributed by atoms with van der Waals surface area (Å²) in [6, 6.07) is 7.90. The molecule has 0 saturated heterocycles. The molecule has 0 aliphatic heterocycles. The van der Waals surface area contributed by atoms with E-state index in [9.17, 15) is 9.59 Å². The molecule has 7 heteroatoms. The summed E-state index contributed by atoms with van der Waals surface area (Å²) < 4.78 is 1.99. The van der Waals surface area contributed by atoms with Gasteiger partial charge in [0, 0.05) is 18.6 Å². The lowest BCUT2D eigenvalue weighted by atomic mass is 9.97. The molecular weight excluding hydrogens is 318 g/mol. The van der Waals surface area contributed by atoms with Gasteiger partial charge in [0.1, 0.15) is 5.78 Å². The zero-order valence-corrected chi connectivity index (χ0v) is 13.5. The number of nitrogens with zero attached hydrogens (tertiary/aromatic N) is 2. The van der Waals surface area contributed by atoms with Crippen molar-refractivity contribution in [3.05, 3.63) is 24.3 Å². The summed E-state index contributed by atoms with van der Waals surface area (Å²) in [6.07, 6.45) is 2.61. The highest BCUT2D eigenvalue weighted by atomic mass is 32.2. The molecule has 0 atom stereocenters. The minimum atomic E-state index is -0.172. The van der Waals surface area contributed by atoms with Crippen molar-refractivity contribution in [2.45, 2.75) is 30.0 Å². The molecule has 1 heterocycles. The molecule has 0 unspecified atom stereocenters. The van der Waals surface area contributed by atoms with Gasteiger partial charge in [-0.15, -0.1) is 11.3 Å². The lowest BCUT2D eigenvalue weighted by Crippen LogP contribution is -2.24. The number of ketones is 1. The molecule has 1 aromatic heterocycles. The van der Waals surface area contributed by atoms with Gasteiger partial charge in [0.15, 0.2) is 4.34 Å². The quantitative estimate of drug-likeness (QED) is 0.690. The molecule has 1 aromatic carbocycles. The molecule has 1 saturated carbocycles. The van der Waals surface area contributed by atoms with E-state index in [2.05, 4.69) is 15.5 Å². The van der Waals surface area contributed by atoms with Crippen LogP contribution in [0, 0.1) is 0 Å². The first-order chi connectivity index (χ1) is 10.7. The topological polar surface area (TPSA) is 71.4 Å². The number of thioether (sulfide) groups is 1. The van der Waals surface area contributed by atoms with Gasteiger partial charge in [-0.1, -0.05) is 23.9 Å². The van der Waals surface area contributed by atoms with Crippen molar-refractivity contribution in [3.8, 4) is 0 Å². The van der Waals surface area contributed by atoms with Crippen LogP contribution in [0.15, 0.2) is 33.7 Å². The van der Waals surface area contributed by atoms with Crippen LogP contribution in [0.1, 0.15) is 25.7 Å². The Balaban J connectivity index is 1.51. The molecule has 114 valence electrons. The summed E-state index contributed by atoms with van der Waals surface area (Å²) in [4.78, 5) is 27.6. The van der Waals surface area contributed by atoms with Gasteiger partial charge in [0.2, 0.25) is 0 Å². The average Bonchev–Trinajstić information content (AvgIpc) is 2.94. The third-order valence-corrected chi connectivity index (χ3v) is 5.44. The van der Waals surface area contributed by atoms with Gasteiger partial charge in [-0.25, -0.2) is 10.4 Å². The molecule has 1 aliphatic rings. The number of thiazole rings is 1. The van der Waals surface area contributed by atoms with E-state index < -0.39 is 0 Å². The maximum atomic E-state index is 11.8. The van der Waals surface area contributed by atoms with Crippen LogP contribution in [-0.2, 0) is 9.59 Å². The second-order valence-electron chi connectivity index (χ2n) is 5.02. The Morgan fingerprint density at radius 2 is 2.23 bits per heavy atom. The Morgan fingerprint density at radius 3 is 3.05 bits per heavy atom. The average molecular weight is 333 g/mol. The van der Waals surface area contributed by atoms with E-state index in [1.165, 1.54) is 11.8 Å². The van der Waals surface area contributed by atoms with Gasteiger partial charge < -0.3 is 0 Å². The fourth-order valence-electron chi connectivity index (χ4n) is 2.20. The highest BCUT2D eigenvalue weighted by molar-refractivity contribution is 8.01. The van der Waals surface area contributed by atoms with Gasteiger partial charge >= 0.3 is 0 Å². The maximum Gasteiger partial charge on any atom is 0.250 e. The Hall–Kier alpha value is -1.73. The minimum absolute atomic E-state index is 0.172. The molecule has 0 radical (unpaired) electrons. The standard InChI is InChI=1S/C15H15N3O2S2/c19-11-5-3-4-10(8-11)17-18-14(20)9-21-15-16-12-6-1-2-7-13(12)22-15/h1-2,6-7H,3-5,8-9H2,(H,18,20). The zero-order chi connectivity index (χ0) is 15.4. The number of rotatable bonds is 4. The van der Waals surface area contributed by atoms with E-state index in [1.54, 1.807) is 11.3 Å². The van der Waals surface area contributed by atoms with Gasteiger partial charge in [-0.3, -0.25) is 9.59 Å². The predicted octanol–water partition coefficient (Wildman–Crippen LogP) is 3.00. The summed E-state index contributed by atoms with van der Waals surface area (Å²) in [5, 5.41) is 4.05. The monoisotopic (exact) mass is 333 g/mol. The van der Waals surface area contributed by atoms with E-state index in [4.69, 9.17) is 0 Å². The number of fused-ring (bicyclic) bond motifs is 1. The fourth-order valence-corrected chi connectivity index (χ4v) is 4.06. The predicted molar refractivity (Wildman–Crippen MR) is 89.4 cm³/mol. The van der Waals surface area contributed by atoms with Gasteiger partial charge in [-0.05, 0) is 25.0 Å². The van der Waals surface area contributed by atoms with Crippen LogP contribution in [0.4, 0.5) is 0 Å². The summed E-state index contributed by atoms with van der Waals surface area (Å²) in [5.41, 5.74) is 4.26. The Kier molecular flexibility index (Phi) is 4.84. The van der Waals surface area contributed by atoms with Crippen LogP contribution < -0.4 is 5.43 Å². The number of Topliss-reactive ketones (excluding diaryl/α,β-unsaturated/α-hetero) is 1. The molecule has 5 nitrogen and oxygen atoms in total. The van der Waals surface area contributed by atoms with Crippen molar-refractivity contribution < 1.29 is 9.59 Å². The summed E-state index contributed by atoms with van der Waals surface area (Å²) in [5.74, 6) is 0.294. The van der Waals surface area contributed by atoms with Crippen LogP contribution in [0.5, 0.6) is 0 Å². The third kappa shape index (κ3) is 3.92. The van der Waals surface area contributed by atoms with Crippen LogP contribution in [0.25, 0.3) is 10.2 Å². The molecule has 2 aromatic rings. The van der Waals surface area contributed by atoms with Crippen molar-refractivity contribution in [2.75, 3.05) is 5.75 Å². The number of amides is 1. The molecular formula is C15H15N3O2S2. The number of aromatic nitrogens is 1. The van der Waals surface area contributed by atoms with Gasteiger partial charge in [-0.2, -0.15) is 5.10 Å². The second-order valence-corrected chi connectivity index (χ2v) is 7.27. The van der Waals surface area contributed by atoms with Crippen molar-refractivity contribution >= 4 is 50.7 Å². The van der Waals surface area contributed by atoms with Crippen molar-refractivity contribution in [1.29, 1.82) is 0 Å². The molecule has 3 rings (SSSR count). The van der Waals surface area contributed by atoms with Crippen molar-refractivity contribution in [1.82, 2.24) is 10.4 Å². The molecule has 1 aliphatic carbocycles. The largest absolute Gasteiger partial charge is 0.299 e. The van der Waals surface area contributed by atoms with Crippen molar-refractivity contribution in [3.63, 3.8) is 0 Å². The number of carbonyl (C=O) groups excluding carboxylic acids is 2. The summed E-state index contributed by atoms with van der Waals surface area (Å²) in [7, 11) is 0. The van der Waals surface area contributed by atoms with Crippen LogP contribution in [0.3, 0.4) is 0 Å². The zero-order valence-electron chi connectivity index (χ0n) is 11.9. The van der Waals surface area contributed by atoms with E-state index in [0.717, 1.165) is 33.1 Å². The number of para-hydroxylation sites is 1. The van der Waals surface area contributed by atoms with E-state index in [-0.39, 0.29) is 17.4 Å². The number of carbonyl (C=O) groups is 2. The normalized spacial score (nSPS) is 17.1. The SMILES string of the molecule is O=C1CCCC(=NNC(=O)CSc2nc3ccccc3s2)C1. The van der Waals surface area contributed by atoms with E-state index >= 15 is 0 Å². The highest BCUT2D eigenvalue weighted by Gasteiger charge is 2.15. The summed E-state index contributed by atoms with van der Waals surface area (Å²) in [6.45, 7) is 0. The first kappa shape index (κ1) is 15.2. The van der Waals surface area contributed by atoms with Crippen LogP contribution in [0.2, 0.25) is 0 Å². The maximum absolute atomic E-state index is 11.8. The second kappa shape index (κ2) is 7.02.